The molecule has 0 atom stereocenters. The Bertz CT molecular complexity index is 1030. The van der Waals surface area contributed by atoms with E-state index in [0.29, 0.717) is 0 Å². The van der Waals surface area contributed by atoms with E-state index in [-0.39, 0.29) is 27.4 Å². The van der Waals surface area contributed by atoms with Crippen LogP contribution in [0.2, 0.25) is 0 Å². The highest BCUT2D eigenvalue weighted by Crippen LogP contribution is 2.26. The van der Waals surface area contributed by atoms with Crippen LogP contribution in [0.3, 0.4) is 0 Å². The molecular weight excluding hydrogens is 334 g/mol. The van der Waals surface area contributed by atoms with Gasteiger partial charge in [-0.05, 0) is 31.2 Å². The maximum Gasteiger partial charge on any atom is 0.281 e. The van der Waals surface area contributed by atoms with E-state index in [9.17, 15) is 18.3 Å². The molecule has 0 bridgehead atoms. The Balaban J connectivity index is 2.49. The highest BCUT2D eigenvalue weighted by Gasteiger charge is 2.17. The largest absolute Gasteiger partial charge is 0.493 e. The summed E-state index contributed by atoms with van der Waals surface area (Å²) in [5, 5.41) is 31.5. The lowest BCUT2D eigenvalue weighted by molar-refractivity contribution is 0.421. The topological polar surface area (TPSA) is 151 Å². The molecule has 0 spiro atoms. The molecule has 1 aromatic heterocycles. The summed E-state index contributed by atoms with van der Waals surface area (Å²) in [4.78, 5) is 12.1. The first-order valence-electron chi connectivity index (χ1n) is 6.54. The fourth-order valence-corrected chi connectivity index (χ4v) is 2.45. The number of sulfonamides is 1. The molecule has 0 aliphatic carbocycles. The molecule has 0 radical (unpaired) electrons. The number of aromatic nitrogens is 1. The zero-order valence-corrected chi connectivity index (χ0v) is 13.6. The zero-order chi connectivity index (χ0) is 18.1. The summed E-state index contributed by atoms with van der Waals surface area (Å²) in [5.74, 6) is -0.448. The van der Waals surface area contributed by atoms with E-state index < -0.39 is 21.5 Å². The molecule has 24 heavy (non-hydrogen) atoms. The smallest absolute Gasteiger partial charge is 0.281 e. The second kappa shape index (κ2) is 6.23. The Morgan fingerprint density at radius 1 is 1.25 bits per heavy atom. The number of nitrogens with two attached hydrogens (primary N) is 1. The first kappa shape index (κ1) is 17.3. The van der Waals surface area contributed by atoms with Gasteiger partial charge >= 0.3 is 0 Å². The van der Waals surface area contributed by atoms with Gasteiger partial charge in [-0.25, -0.2) is 13.6 Å². The molecule has 0 saturated heterocycles. The molecule has 124 valence electrons. The Labute approximate surface area is 137 Å². The standard InChI is InChI=1S/C14H13N5O4S/c1-8-11(7-15)13(20)19(2)14(21)12(8)18-17-9-3-5-10(6-4-9)24(16,22)23/h3-6,20H,1-2H3,(H2,16,22,23). The third-order valence-electron chi connectivity index (χ3n) is 3.32. The molecule has 0 fully saturated rings. The van der Waals surface area contributed by atoms with Gasteiger partial charge in [0.1, 0.15) is 11.6 Å². The lowest BCUT2D eigenvalue weighted by Gasteiger charge is -2.08. The van der Waals surface area contributed by atoms with Crippen LogP contribution in [0, 0.1) is 18.3 Å². The highest BCUT2D eigenvalue weighted by molar-refractivity contribution is 7.89. The molecule has 2 aromatic rings. The molecular formula is C14H13N5O4S. The van der Waals surface area contributed by atoms with Crippen molar-refractivity contribution in [3.8, 4) is 11.9 Å². The van der Waals surface area contributed by atoms with Crippen LogP contribution in [0.25, 0.3) is 0 Å². The van der Waals surface area contributed by atoms with Gasteiger partial charge in [-0.15, -0.1) is 5.11 Å². The number of azo groups is 1. The lowest BCUT2D eigenvalue weighted by atomic mass is 10.1. The Hall–Kier alpha value is -3.03. The number of aromatic hydroxyl groups is 1. The number of nitriles is 1. The summed E-state index contributed by atoms with van der Waals surface area (Å²) in [7, 11) is -2.51. The van der Waals surface area contributed by atoms with Gasteiger partial charge < -0.3 is 5.11 Å². The average molecular weight is 347 g/mol. The number of pyridine rings is 1. The minimum absolute atomic E-state index is 0.0735. The van der Waals surface area contributed by atoms with Crippen molar-refractivity contribution in [3.05, 3.63) is 45.7 Å². The van der Waals surface area contributed by atoms with Gasteiger partial charge in [-0.1, -0.05) is 0 Å². The second-order valence-electron chi connectivity index (χ2n) is 4.89. The van der Waals surface area contributed by atoms with Crippen molar-refractivity contribution in [1.29, 1.82) is 5.26 Å². The average Bonchev–Trinajstić information content (AvgIpc) is 2.53. The van der Waals surface area contributed by atoms with Crippen molar-refractivity contribution in [2.24, 2.45) is 22.4 Å². The van der Waals surface area contributed by atoms with Gasteiger partial charge in [0.25, 0.3) is 5.56 Å². The monoisotopic (exact) mass is 347 g/mol. The predicted molar refractivity (Wildman–Crippen MR) is 84.8 cm³/mol. The van der Waals surface area contributed by atoms with Crippen LogP contribution in [-0.2, 0) is 17.1 Å². The van der Waals surface area contributed by atoms with E-state index in [1.165, 1.54) is 38.2 Å². The Morgan fingerprint density at radius 3 is 2.33 bits per heavy atom. The number of hydrogen-bond donors (Lipinski definition) is 2. The number of rotatable bonds is 3. The van der Waals surface area contributed by atoms with Crippen LogP contribution < -0.4 is 10.7 Å². The minimum atomic E-state index is -3.81. The van der Waals surface area contributed by atoms with Gasteiger partial charge in [0.05, 0.1) is 10.6 Å². The molecule has 10 heteroatoms. The van der Waals surface area contributed by atoms with Crippen molar-refractivity contribution in [1.82, 2.24) is 4.57 Å². The van der Waals surface area contributed by atoms with Crippen molar-refractivity contribution >= 4 is 21.4 Å². The van der Waals surface area contributed by atoms with E-state index >= 15 is 0 Å². The van der Waals surface area contributed by atoms with Crippen LogP contribution >= 0.6 is 0 Å². The number of primary sulfonamides is 1. The molecule has 0 amide bonds. The third kappa shape index (κ3) is 3.17. The van der Waals surface area contributed by atoms with Crippen molar-refractivity contribution < 1.29 is 13.5 Å². The number of hydrogen-bond acceptors (Lipinski definition) is 7. The van der Waals surface area contributed by atoms with Crippen molar-refractivity contribution in [3.63, 3.8) is 0 Å². The summed E-state index contributed by atoms with van der Waals surface area (Å²) in [6.45, 7) is 1.47. The maximum atomic E-state index is 12.1. The maximum absolute atomic E-state index is 12.1. The van der Waals surface area contributed by atoms with Crippen LogP contribution in [-0.4, -0.2) is 18.1 Å². The van der Waals surface area contributed by atoms with E-state index in [1.807, 2.05) is 0 Å². The summed E-state index contributed by atoms with van der Waals surface area (Å²) < 4.78 is 23.2. The predicted octanol–water partition coefficient (Wildman–Crippen LogP) is 1.33. The molecule has 1 aromatic carbocycles. The molecule has 0 aliphatic heterocycles. The fourth-order valence-electron chi connectivity index (χ4n) is 1.93. The van der Waals surface area contributed by atoms with Gasteiger partial charge in [0.2, 0.25) is 15.9 Å². The zero-order valence-electron chi connectivity index (χ0n) is 12.8. The van der Waals surface area contributed by atoms with Crippen LogP contribution in [0.4, 0.5) is 11.4 Å². The van der Waals surface area contributed by atoms with E-state index in [0.717, 1.165) is 4.57 Å². The van der Waals surface area contributed by atoms with Crippen LogP contribution in [0.5, 0.6) is 5.88 Å². The van der Waals surface area contributed by atoms with Gasteiger partial charge in [0, 0.05) is 12.6 Å². The van der Waals surface area contributed by atoms with E-state index in [2.05, 4.69) is 10.2 Å². The van der Waals surface area contributed by atoms with Gasteiger partial charge in [0.15, 0.2) is 5.69 Å². The number of benzene rings is 1. The summed E-state index contributed by atoms with van der Waals surface area (Å²) >= 11 is 0. The third-order valence-corrected chi connectivity index (χ3v) is 4.25. The van der Waals surface area contributed by atoms with Crippen molar-refractivity contribution in [2.45, 2.75) is 11.8 Å². The molecule has 9 nitrogen and oxygen atoms in total. The molecule has 1 heterocycles. The van der Waals surface area contributed by atoms with Crippen LogP contribution in [0.1, 0.15) is 11.1 Å². The molecule has 0 aliphatic rings. The van der Waals surface area contributed by atoms with Gasteiger partial charge in [-0.3, -0.25) is 9.36 Å². The quantitative estimate of drug-likeness (QED) is 0.803. The van der Waals surface area contributed by atoms with Crippen molar-refractivity contribution in [2.75, 3.05) is 0 Å². The first-order valence-corrected chi connectivity index (χ1v) is 8.08. The Morgan fingerprint density at radius 2 is 1.83 bits per heavy atom. The second-order valence-corrected chi connectivity index (χ2v) is 6.45. The summed E-state index contributed by atoms with van der Waals surface area (Å²) in [6.07, 6.45) is 0. The first-order chi connectivity index (χ1) is 11.2. The molecule has 0 saturated carbocycles. The molecule has 0 unspecified atom stereocenters. The minimum Gasteiger partial charge on any atom is -0.493 e. The normalized spacial score (nSPS) is 11.6. The van der Waals surface area contributed by atoms with Crippen LogP contribution in [0.15, 0.2) is 44.2 Å². The highest BCUT2D eigenvalue weighted by atomic mass is 32.2. The fraction of sp³-hybridized carbons (Fsp3) is 0.143. The van der Waals surface area contributed by atoms with Gasteiger partial charge in [-0.2, -0.15) is 10.4 Å². The summed E-state index contributed by atoms with van der Waals surface area (Å²) in [6, 6.07) is 7.05. The summed E-state index contributed by atoms with van der Waals surface area (Å²) in [5.41, 5.74) is -0.301. The molecule has 2 rings (SSSR count). The lowest BCUT2D eigenvalue weighted by Crippen LogP contribution is -2.18. The molecule has 3 N–H and O–H groups in total. The Kier molecular flexibility index (Phi) is 4.50. The number of nitrogens with zero attached hydrogens (tertiary/aromatic N) is 4. The SMILES string of the molecule is Cc1c(C#N)c(O)n(C)c(=O)c1N=Nc1ccc(S(N)(=O)=O)cc1. The van der Waals surface area contributed by atoms with E-state index in [1.54, 1.807) is 6.07 Å². The van der Waals surface area contributed by atoms with E-state index in [4.69, 9.17) is 10.4 Å².